The van der Waals surface area contributed by atoms with Gasteiger partial charge in [-0.2, -0.15) is 0 Å². The van der Waals surface area contributed by atoms with E-state index < -0.39 is 0 Å². The van der Waals surface area contributed by atoms with Crippen molar-refractivity contribution in [2.24, 2.45) is 0 Å². The third-order valence-electron chi connectivity index (χ3n) is 4.27. The lowest BCUT2D eigenvalue weighted by Gasteiger charge is -2.21. The summed E-state index contributed by atoms with van der Waals surface area (Å²) in [7, 11) is 0. The largest absolute Gasteiger partial charge is 0.294 e. The molecule has 0 spiro atoms. The molecule has 0 aromatic carbocycles. The smallest absolute Gasteiger partial charge is 0.177 e. The van der Waals surface area contributed by atoms with Crippen molar-refractivity contribution >= 4 is 27.3 Å². The van der Waals surface area contributed by atoms with E-state index in [0.29, 0.717) is 11.7 Å². The van der Waals surface area contributed by atoms with Gasteiger partial charge in [0, 0.05) is 24.2 Å². The van der Waals surface area contributed by atoms with Gasteiger partial charge in [-0.05, 0) is 35.7 Å². The standard InChI is InChI=1S/C16H21BrN4O/c1-10(2)8-12-9-18-15(20-22)13-14(17)19-16(21(12)13)11-6-4-3-5-7-11/h9,11,22H,1,3-8H2,2H3,(H,18,20). The number of anilines is 1. The number of nitrogens with zero attached hydrogens (tertiary/aromatic N) is 3. The Bertz CT molecular complexity index is 704. The number of fused-ring (bicyclic) bond motifs is 1. The summed E-state index contributed by atoms with van der Waals surface area (Å²) < 4.78 is 2.86. The van der Waals surface area contributed by atoms with E-state index in [1.54, 1.807) is 6.20 Å². The molecule has 0 unspecified atom stereocenters. The zero-order valence-corrected chi connectivity index (χ0v) is 14.4. The topological polar surface area (TPSA) is 62.5 Å². The second-order valence-electron chi connectivity index (χ2n) is 6.12. The molecule has 0 radical (unpaired) electrons. The van der Waals surface area contributed by atoms with E-state index in [0.717, 1.165) is 33.6 Å². The number of imidazole rings is 1. The molecule has 1 saturated carbocycles. The van der Waals surface area contributed by atoms with Gasteiger partial charge in [-0.25, -0.2) is 9.97 Å². The van der Waals surface area contributed by atoms with E-state index in [4.69, 9.17) is 4.98 Å². The van der Waals surface area contributed by atoms with Gasteiger partial charge in [-0.1, -0.05) is 31.4 Å². The molecule has 1 aliphatic carbocycles. The molecule has 2 aromatic rings. The van der Waals surface area contributed by atoms with Crippen LogP contribution in [0.5, 0.6) is 0 Å². The quantitative estimate of drug-likeness (QED) is 0.620. The SMILES string of the molecule is C=C(C)Cc1cnc(NO)c2c(Br)nc(C3CCCCC3)n12. The lowest BCUT2D eigenvalue weighted by Crippen LogP contribution is -2.12. The van der Waals surface area contributed by atoms with Crippen LogP contribution in [0.1, 0.15) is 56.5 Å². The van der Waals surface area contributed by atoms with Crippen molar-refractivity contribution in [3.05, 3.63) is 34.5 Å². The second kappa shape index (κ2) is 6.38. The first-order valence-electron chi connectivity index (χ1n) is 7.72. The molecule has 118 valence electrons. The van der Waals surface area contributed by atoms with Gasteiger partial charge < -0.3 is 0 Å². The highest BCUT2D eigenvalue weighted by molar-refractivity contribution is 9.10. The molecule has 6 heteroatoms. The van der Waals surface area contributed by atoms with Gasteiger partial charge in [-0.3, -0.25) is 15.1 Å². The first kappa shape index (κ1) is 15.5. The van der Waals surface area contributed by atoms with Crippen LogP contribution in [0.4, 0.5) is 5.82 Å². The molecule has 1 aliphatic rings. The van der Waals surface area contributed by atoms with Gasteiger partial charge in [0.15, 0.2) is 5.82 Å². The van der Waals surface area contributed by atoms with Crippen molar-refractivity contribution in [2.45, 2.75) is 51.4 Å². The van der Waals surface area contributed by atoms with Gasteiger partial charge in [0.25, 0.3) is 0 Å². The number of aromatic nitrogens is 3. The van der Waals surface area contributed by atoms with Crippen molar-refractivity contribution in [1.29, 1.82) is 0 Å². The van der Waals surface area contributed by atoms with Crippen LogP contribution in [-0.4, -0.2) is 19.6 Å². The predicted molar refractivity (Wildman–Crippen MR) is 90.4 cm³/mol. The lowest BCUT2D eigenvalue weighted by molar-refractivity contribution is 0.386. The monoisotopic (exact) mass is 364 g/mol. The second-order valence-corrected chi connectivity index (χ2v) is 6.87. The summed E-state index contributed by atoms with van der Waals surface area (Å²) in [6.07, 6.45) is 8.69. The van der Waals surface area contributed by atoms with Crippen molar-refractivity contribution in [2.75, 3.05) is 5.48 Å². The minimum Gasteiger partial charge on any atom is -0.294 e. The van der Waals surface area contributed by atoms with E-state index in [2.05, 4.69) is 37.4 Å². The molecular weight excluding hydrogens is 344 g/mol. The van der Waals surface area contributed by atoms with E-state index >= 15 is 0 Å². The maximum atomic E-state index is 9.36. The normalized spacial score (nSPS) is 16.1. The number of rotatable bonds is 4. The summed E-state index contributed by atoms with van der Waals surface area (Å²) in [5.41, 5.74) is 5.11. The highest BCUT2D eigenvalue weighted by atomic mass is 79.9. The van der Waals surface area contributed by atoms with E-state index in [9.17, 15) is 5.21 Å². The summed E-state index contributed by atoms with van der Waals surface area (Å²) in [4.78, 5) is 9.05. The van der Waals surface area contributed by atoms with Crippen LogP contribution < -0.4 is 5.48 Å². The summed E-state index contributed by atoms with van der Waals surface area (Å²) in [5, 5.41) is 9.36. The number of allylic oxidation sites excluding steroid dienone is 1. The Labute approximate surface area is 138 Å². The van der Waals surface area contributed by atoms with Gasteiger partial charge >= 0.3 is 0 Å². The van der Waals surface area contributed by atoms with E-state index in [-0.39, 0.29) is 0 Å². The Balaban J connectivity index is 2.20. The molecule has 0 bridgehead atoms. The molecule has 3 rings (SSSR count). The highest BCUT2D eigenvalue weighted by Gasteiger charge is 2.24. The third-order valence-corrected chi connectivity index (χ3v) is 4.83. The highest BCUT2D eigenvalue weighted by Crippen LogP contribution is 2.36. The van der Waals surface area contributed by atoms with Crippen LogP contribution in [0.25, 0.3) is 5.52 Å². The Kier molecular flexibility index (Phi) is 4.49. The Morgan fingerprint density at radius 1 is 1.45 bits per heavy atom. The average molecular weight is 365 g/mol. The molecular formula is C16H21BrN4O. The molecule has 2 aromatic heterocycles. The van der Waals surface area contributed by atoms with Gasteiger partial charge in [-0.15, -0.1) is 0 Å². The Hall–Kier alpha value is -1.40. The number of hydrogen-bond donors (Lipinski definition) is 2. The average Bonchev–Trinajstić information content (AvgIpc) is 2.87. The Morgan fingerprint density at radius 2 is 2.18 bits per heavy atom. The third kappa shape index (κ3) is 2.77. The van der Waals surface area contributed by atoms with Crippen LogP contribution in [0.3, 0.4) is 0 Å². The maximum Gasteiger partial charge on any atom is 0.177 e. The molecule has 0 atom stereocenters. The summed E-state index contributed by atoms with van der Waals surface area (Å²) in [5.74, 6) is 1.95. The van der Waals surface area contributed by atoms with Crippen molar-refractivity contribution in [3.63, 3.8) is 0 Å². The molecule has 0 saturated heterocycles. The minimum absolute atomic E-state index is 0.423. The van der Waals surface area contributed by atoms with Gasteiger partial charge in [0.05, 0.1) is 0 Å². The van der Waals surface area contributed by atoms with Crippen molar-refractivity contribution in [1.82, 2.24) is 14.4 Å². The lowest BCUT2D eigenvalue weighted by atomic mass is 9.88. The first-order valence-corrected chi connectivity index (χ1v) is 8.51. The van der Waals surface area contributed by atoms with Crippen molar-refractivity contribution < 1.29 is 5.21 Å². The fraction of sp³-hybridized carbons (Fsp3) is 0.500. The van der Waals surface area contributed by atoms with Crippen LogP contribution in [0.15, 0.2) is 23.0 Å². The van der Waals surface area contributed by atoms with Crippen LogP contribution in [0.2, 0.25) is 0 Å². The molecule has 1 fully saturated rings. The van der Waals surface area contributed by atoms with Crippen LogP contribution in [0, 0.1) is 0 Å². The molecule has 0 amide bonds. The van der Waals surface area contributed by atoms with Crippen LogP contribution >= 0.6 is 15.9 Å². The predicted octanol–water partition coefficient (Wildman–Crippen LogP) is 4.46. The van der Waals surface area contributed by atoms with Crippen molar-refractivity contribution in [3.8, 4) is 0 Å². The molecule has 2 N–H and O–H groups in total. The van der Waals surface area contributed by atoms with Crippen LogP contribution in [-0.2, 0) is 6.42 Å². The van der Waals surface area contributed by atoms with Gasteiger partial charge in [0.2, 0.25) is 0 Å². The molecule has 5 nitrogen and oxygen atoms in total. The minimum atomic E-state index is 0.423. The fourth-order valence-electron chi connectivity index (χ4n) is 3.31. The summed E-state index contributed by atoms with van der Waals surface area (Å²) in [6, 6.07) is 0. The number of nitrogens with one attached hydrogen (secondary N) is 1. The van der Waals surface area contributed by atoms with E-state index in [1.165, 1.54) is 32.1 Å². The number of hydrogen-bond acceptors (Lipinski definition) is 4. The molecule has 2 heterocycles. The zero-order valence-electron chi connectivity index (χ0n) is 12.8. The van der Waals surface area contributed by atoms with E-state index in [1.807, 2.05) is 6.92 Å². The maximum absolute atomic E-state index is 9.36. The Morgan fingerprint density at radius 3 is 2.82 bits per heavy atom. The molecule has 22 heavy (non-hydrogen) atoms. The number of halogens is 1. The summed E-state index contributed by atoms with van der Waals surface area (Å²) >= 11 is 3.53. The fourth-order valence-corrected chi connectivity index (χ4v) is 3.86. The zero-order chi connectivity index (χ0) is 15.7. The summed E-state index contributed by atoms with van der Waals surface area (Å²) in [6.45, 7) is 6.02. The first-order chi connectivity index (χ1) is 10.6. The van der Waals surface area contributed by atoms with Gasteiger partial charge in [0.1, 0.15) is 15.9 Å². The molecule has 0 aliphatic heterocycles.